The maximum absolute atomic E-state index is 14.2. The Balaban J connectivity index is 2.19. The summed E-state index contributed by atoms with van der Waals surface area (Å²) >= 11 is 0. The van der Waals surface area contributed by atoms with Crippen LogP contribution in [-0.2, 0) is 23.9 Å². The highest BCUT2D eigenvalue weighted by Crippen LogP contribution is 2.65. The van der Waals surface area contributed by atoms with Gasteiger partial charge in [0.1, 0.15) is 17.6 Å². The Hall–Kier alpha value is -1.93. The molecule has 1 N–H and O–H groups in total. The van der Waals surface area contributed by atoms with Crippen molar-refractivity contribution in [1.82, 2.24) is 9.80 Å². The van der Waals surface area contributed by atoms with Crippen molar-refractivity contribution in [2.75, 3.05) is 19.8 Å². The van der Waals surface area contributed by atoms with Gasteiger partial charge in [-0.15, -0.1) is 6.58 Å². The molecule has 8 nitrogen and oxygen atoms in total. The second-order valence-electron chi connectivity index (χ2n) is 10.3. The van der Waals surface area contributed by atoms with Gasteiger partial charge in [0.2, 0.25) is 11.8 Å². The molecule has 0 saturated carbocycles. The molecule has 3 rings (SSSR count). The number of likely N-dealkylation sites (tertiary alicyclic amines) is 1. The average Bonchev–Trinajstić information content (AvgIpc) is 3.41. The van der Waals surface area contributed by atoms with Gasteiger partial charge in [0.15, 0.2) is 0 Å². The van der Waals surface area contributed by atoms with Gasteiger partial charge in [0, 0.05) is 12.6 Å². The van der Waals surface area contributed by atoms with Crippen LogP contribution in [-0.4, -0.2) is 81.8 Å². The van der Waals surface area contributed by atoms with Crippen molar-refractivity contribution in [2.45, 2.75) is 96.6 Å². The monoisotopic (exact) mass is 478 g/mol. The number of aliphatic hydroxyl groups excluding tert-OH is 1. The maximum atomic E-state index is 14.2. The molecule has 8 heteroatoms. The first-order chi connectivity index (χ1) is 16.1. The number of nitrogens with zero attached hydrogens (tertiary/aromatic N) is 2. The van der Waals surface area contributed by atoms with Crippen LogP contribution in [0.3, 0.4) is 0 Å². The van der Waals surface area contributed by atoms with Crippen LogP contribution in [0.15, 0.2) is 12.7 Å². The van der Waals surface area contributed by atoms with Crippen molar-refractivity contribution in [3.8, 4) is 0 Å². The molecule has 0 radical (unpaired) electrons. The van der Waals surface area contributed by atoms with Crippen LogP contribution in [0.2, 0.25) is 0 Å². The molecule has 1 spiro atoms. The van der Waals surface area contributed by atoms with E-state index in [-0.39, 0.29) is 37.0 Å². The van der Waals surface area contributed by atoms with Crippen LogP contribution in [0, 0.1) is 17.8 Å². The van der Waals surface area contributed by atoms with Crippen LogP contribution >= 0.6 is 0 Å². The van der Waals surface area contributed by atoms with E-state index in [1.807, 2.05) is 34.6 Å². The SMILES string of the molecule is C=CCN(C(=O)C1N([C@@H](CO)[C@@H](C)CC)C(=O)[C@@H]2[C@H](C(=O)OCC)[C@]3(CC)CCC12O3)C(C)C. The fourth-order valence-electron chi connectivity index (χ4n) is 6.55. The Kier molecular flexibility index (Phi) is 7.82. The highest BCUT2D eigenvalue weighted by Gasteiger charge is 2.79. The van der Waals surface area contributed by atoms with Crippen LogP contribution in [0.25, 0.3) is 0 Å². The normalized spacial score (nSPS) is 33.7. The molecule has 2 unspecified atom stereocenters. The third-order valence-corrected chi connectivity index (χ3v) is 8.47. The van der Waals surface area contributed by atoms with Gasteiger partial charge in [-0.1, -0.05) is 33.3 Å². The Morgan fingerprint density at radius 1 is 1.29 bits per heavy atom. The van der Waals surface area contributed by atoms with Crippen LogP contribution in [0.5, 0.6) is 0 Å². The average molecular weight is 479 g/mol. The van der Waals surface area contributed by atoms with E-state index in [4.69, 9.17) is 9.47 Å². The molecule has 3 heterocycles. The first-order valence-corrected chi connectivity index (χ1v) is 12.8. The van der Waals surface area contributed by atoms with Crippen LogP contribution in [0.1, 0.15) is 67.2 Å². The second kappa shape index (κ2) is 9.97. The molecule has 2 amide bonds. The van der Waals surface area contributed by atoms with Gasteiger partial charge >= 0.3 is 5.97 Å². The second-order valence-corrected chi connectivity index (χ2v) is 10.3. The van der Waals surface area contributed by atoms with E-state index in [0.717, 1.165) is 6.42 Å². The van der Waals surface area contributed by atoms with Gasteiger partial charge in [0.05, 0.1) is 30.8 Å². The predicted octanol–water partition coefficient (Wildman–Crippen LogP) is 2.53. The Labute approximate surface area is 203 Å². The summed E-state index contributed by atoms with van der Waals surface area (Å²) in [5, 5.41) is 10.4. The van der Waals surface area contributed by atoms with E-state index in [9.17, 15) is 19.5 Å². The number of hydrogen-bond donors (Lipinski definition) is 1. The van der Waals surface area contributed by atoms with Crippen molar-refractivity contribution >= 4 is 17.8 Å². The molecule has 0 aromatic carbocycles. The largest absolute Gasteiger partial charge is 0.466 e. The molecule has 3 saturated heterocycles. The quantitative estimate of drug-likeness (QED) is 0.362. The summed E-state index contributed by atoms with van der Waals surface area (Å²) in [6, 6.07) is -1.58. The highest BCUT2D eigenvalue weighted by molar-refractivity contribution is 5.99. The van der Waals surface area contributed by atoms with Gasteiger partial charge < -0.3 is 24.4 Å². The molecule has 0 aromatic rings. The number of carbonyl (C=O) groups excluding carboxylic acids is 3. The molecule has 3 aliphatic heterocycles. The summed E-state index contributed by atoms with van der Waals surface area (Å²) in [6.45, 7) is 15.6. The van der Waals surface area contributed by atoms with E-state index >= 15 is 0 Å². The number of fused-ring (bicyclic) bond motifs is 1. The Morgan fingerprint density at radius 3 is 2.47 bits per heavy atom. The molecule has 7 atom stereocenters. The summed E-state index contributed by atoms with van der Waals surface area (Å²) in [6.07, 6.45) is 4.06. The summed E-state index contributed by atoms with van der Waals surface area (Å²) in [5.41, 5.74) is -1.93. The number of hydrogen-bond acceptors (Lipinski definition) is 6. The number of rotatable bonds is 11. The van der Waals surface area contributed by atoms with Crippen LogP contribution < -0.4 is 0 Å². The van der Waals surface area contributed by atoms with Crippen molar-refractivity contribution < 1.29 is 29.0 Å². The lowest BCUT2D eigenvalue weighted by molar-refractivity contribution is -0.164. The zero-order chi connectivity index (χ0) is 25.4. The van der Waals surface area contributed by atoms with Gasteiger partial charge in [-0.25, -0.2) is 0 Å². The lowest BCUT2D eigenvalue weighted by atomic mass is 9.65. The summed E-state index contributed by atoms with van der Waals surface area (Å²) in [5.74, 6) is -2.54. The first-order valence-electron chi connectivity index (χ1n) is 12.8. The van der Waals surface area contributed by atoms with E-state index in [0.29, 0.717) is 25.8 Å². The lowest BCUT2D eigenvalue weighted by Gasteiger charge is -2.42. The fraction of sp³-hybridized carbons (Fsp3) is 0.808. The number of ether oxygens (including phenoxy) is 2. The van der Waals surface area contributed by atoms with E-state index in [2.05, 4.69) is 6.58 Å². The fourth-order valence-corrected chi connectivity index (χ4v) is 6.55. The third-order valence-electron chi connectivity index (χ3n) is 8.47. The molecular weight excluding hydrogens is 436 g/mol. The molecule has 0 aromatic heterocycles. The lowest BCUT2D eigenvalue weighted by Crippen LogP contribution is -2.60. The summed E-state index contributed by atoms with van der Waals surface area (Å²) < 4.78 is 12.2. The summed E-state index contributed by atoms with van der Waals surface area (Å²) in [7, 11) is 0. The molecule has 34 heavy (non-hydrogen) atoms. The van der Waals surface area contributed by atoms with Crippen LogP contribution in [0.4, 0.5) is 0 Å². The predicted molar refractivity (Wildman–Crippen MR) is 128 cm³/mol. The Morgan fingerprint density at radius 2 is 1.97 bits per heavy atom. The minimum Gasteiger partial charge on any atom is -0.466 e. The molecule has 3 aliphatic rings. The molecular formula is C26H42N2O6. The maximum Gasteiger partial charge on any atom is 0.312 e. The van der Waals surface area contributed by atoms with Crippen molar-refractivity contribution in [2.24, 2.45) is 17.8 Å². The van der Waals surface area contributed by atoms with Crippen molar-refractivity contribution in [1.29, 1.82) is 0 Å². The molecule has 3 fully saturated rings. The third kappa shape index (κ3) is 3.77. The molecule has 192 valence electrons. The number of amides is 2. The zero-order valence-electron chi connectivity index (χ0n) is 21.6. The van der Waals surface area contributed by atoms with Gasteiger partial charge in [-0.05, 0) is 46.0 Å². The smallest absolute Gasteiger partial charge is 0.312 e. The van der Waals surface area contributed by atoms with Gasteiger partial charge in [0.25, 0.3) is 0 Å². The Bertz CT molecular complexity index is 815. The highest BCUT2D eigenvalue weighted by atomic mass is 16.6. The van der Waals surface area contributed by atoms with E-state index in [1.165, 1.54) is 0 Å². The number of aliphatic hydroxyl groups is 1. The van der Waals surface area contributed by atoms with Gasteiger partial charge in [-0.3, -0.25) is 14.4 Å². The molecule has 2 bridgehead atoms. The number of carbonyl (C=O) groups is 3. The van der Waals surface area contributed by atoms with Crippen molar-refractivity contribution in [3.63, 3.8) is 0 Å². The summed E-state index contributed by atoms with van der Waals surface area (Å²) in [4.78, 5) is 44.8. The van der Waals surface area contributed by atoms with E-state index < -0.39 is 41.1 Å². The van der Waals surface area contributed by atoms with E-state index in [1.54, 1.807) is 22.8 Å². The minimum atomic E-state index is -1.11. The minimum absolute atomic E-state index is 0.0373. The standard InChI is InChI=1S/C26H42N2O6/c1-8-14-27(16(5)6)23(31)21-26-13-12-25(10-3,34-26)20(24(32)33-11-4)19(26)22(30)28(21)18(15-29)17(7)9-2/h8,16-21,29H,1,9-15H2,2-7H3/t17-,18-,19-,20+,21?,25-,26?/m0/s1. The zero-order valence-corrected chi connectivity index (χ0v) is 21.6. The van der Waals surface area contributed by atoms with Crippen molar-refractivity contribution in [3.05, 3.63) is 12.7 Å². The topological polar surface area (TPSA) is 96.4 Å². The molecule has 0 aliphatic carbocycles. The number of esters is 1. The van der Waals surface area contributed by atoms with Gasteiger partial charge in [-0.2, -0.15) is 0 Å². The first kappa shape index (κ1) is 26.7.